The molecule has 2 aromatic heterocycles. The van der Waals surface area contributed by atoms with Crippen LogP contribution in [0.5, 0.6) is 0 Å². The Kier molecular flexibility index (Phi) is 6.51. The minimum atomic E-state index is -4.68. The summed E-state index contributed by atoms with van der Waals surface area (Å²) in [5.74, 6) is -0.504. The number of carbonyl (C=O) groups is 1. The number of carbonyl (C=O) groups excluding carboxylic acids is 1. The van der Waals surface area contributed by atoms with E-state index in [0.29, 0.717) is 52.0 Å². The van der Waals surface area contributed by atoms with Crippen molar-refractivity contribution in [3.63, 3.8) is 0 Å². The van der Waals surface area contributed by atoms with Gasteiger partial charge in [0, 0.05) is 24.8 Å². The van der Waals surface area contributed by atoms with E-state index in [9.17, 15) is 22.4 Å². The highest BCUT2D eigenvalue weighted by Gasteiger charge is 2.31. The zero-order chi connectivity index (χ0) is 25.2. The lowest BCUT2D eigenvalue weighted by Gasteiger charge is -2.12. The van der Waals surface area contributed by atoms with Crippen molar-refractivity contribution >= 4 is 34.3 Å². The van der Waals surface area contributed by atoms with Gasteiger partial charge in [0.1, 0.15) is 23.7 Å². The van der Waals surface area contributed by atoms with Crippen LogP contribution in [0.3, 0.4) is 0 Å². The predicted octanol–water partition coefficient (Wildman–Crippen LogP) is 4.24. The van der Waals surface area contributed by atoms with Crippen LogP contribution < -0.4 is 16.0 Å². The molecule has 35 heavy (non-hydrogen) atoms. The Morgan fingerprint density at radius 1 is 1.09 bits per heavy atom. The number of aryl methyl sites for hydroxylation is 1. The highest BCUT2D eigenvalue weighted by atomic mass is 19.4. The predicted molar refractivity (Wildman–Crippen MR) is 121 cm³/mol. The number of hydrogen-bond donors (Lipinski definition) is 4. The van der Waals surface area contributed by atoms with E-state index in [1.165, 1.54) is 6.33 Å². The number of aliphatic hydroxyl groups is 1. The summed E-state index contributed by atoms with van der Waals surface area (Å²) in [7, 11) is 1.72. The molecule has 2 amide bonds. The monoisotopic (exact) mass is 489 g/mol. The Morgan fingerprint density at radius 2 is 1.83 bits per heavy atom. The van der Waals surface area contributed by atoms with Gasteiger partial charge in [-0.1, -0.05) is 12.1 Å². The van der Waals surface area contributed by atoms with Crippen LogP contribution in [-0.2, 0) is 13.2 Å². The molecule has 4 N–H and O–H groups in total. The van der Waals surface area contributed by atoms with Gasteiger partial charge in [0.2, 0.25) is 0 Å². The highest BCUT2D eigenvalue weighted by Crippen LogP contribution is 2.33. The maximum Gasteiger partial charge on any atom is 0.416 e. The number of aromatic nitrogens is 4. The summed E-state index contributed by atoms with van der Waals surface area (Å²) >= 11 is 0. The van der Waals surface area contributed by atoms with E-state index in [4.69, 9.17) is 5.11 Å². The van der Waals surface area contributed by atoms with Crippen LogP contribution in [-0.4, -0.2) is 44.0 Å². The molecule has 2 aromatic carbocycles. The summed E-state index contributed by atoms with van der Waals surface area (Å²) in [6.07, 6.45) is -3.29. The number of rotatable bonds is 6. The number of nitrogens with one attached hydrogen (secondary N) is 3. The second-order valence-corrected chi connectivity index (χ2v) is 7.39. The van der Waals surface area contributed by atoms with Gasteiger partial charge in [0.25, 0.3) is 0 Å². The number of halogens is 4. The van der Waals surface area contributed by atoms with Gasteiger partial charge in [0.15, 0.2) is 5.65 Å². The van der Waals surface area contributed by atoms with Crippen molar-refractivity contribution in [2.75, 3.05) is 29.1 Å². The number of anilines is 3. The lowest BCUT2D eigenvalue weighted by Crippen LogP contribution is -2.20. The minimum Gasteiger partial charge on any atom is -0.395 e. The average Bonchev–Trinajstić information content (AvgIpc) is 3.16. The fourth-order valence-electron chi connectivity index (χ4n) is 3.39. The first kappa shape index (κ1) is 23.9. The molecule has 9 nitrogen and oxygen atoms in total. The molecule has 0 bridgehead atoms. The van der Waals surface area contributed by atoms with E-state index in [2.05, 4.69) is 31.0 Å². The Hall–Kier alpha value is -4.26. The first-order valence-corrected chi connectivity index (χ1v) is 10.2. The van der Waals surface area contributed by atoms with Crippen LogP contribution >= 0.6 is 0 Å². The summed E-state index contributed by atoms with van der Waals surface area (Å²) in [6, 6.07) is 7.30. The van der Waals surface area contributed by atoms with E-state index >= 15 is 0 Å². The van der Waals surface area contributed by atoms with Crippen molar-refractivity contribution in [1.82, 2.24) is 19.7 Å². The molecular weight excluding hydrogens is 470 g/mol. The fraction of sp³-hybridized carbons (Fsp3) is 0.182. The quantitative estimate of drug-likeness (QED) is 0.301. The van der Waals surface area contributed by atoms with Gasteiger partial charge in [-0.05, 0) is 30.3 Å². The lowest BCUT2D eigenvalue weighted by atomic mass is 10.1. The third-order valence-corrected chi connectivity index (χ3v) is 4.98. The normalized spacial score (nSPS) is 11.5. The van der Waals surface area contributed by atoms with Crippen LogP contribution in [0.2, 0.25) is 0 Å². The second kappa shape index (κ2) is 9.54. The highest BCUT2D eigenvalue weighted by molar-refractivity contribution is 6.01. The van der Waals surface area contributed by atoms with E-state index < -0.39 is 29.3 Å². The van der Waals surface area contributed by atoms with Gasteiger partial charge in [-0.15, -0.1) is 0 Å². The molecule has 2 heterocycles. The van der Waals surface area contributed by atoms with Gasteiger partial charge >= 0.3 is 12.2 Å². The van der Waals surface area contributed by atoms with Crippen molar-refractivity contribution < 1.29 is 27.5 Å². The summed E-state index contributed by atoms with van der Waals surface area (Å²) in [4.78, 5) is 20.7. The fourth-order valence-corrected chi connectivity index (χ4v) is 3.39. The Labute approximate surface area is 195 Å². The summed E-state index contributed by atoms with van der Waals surface area (Å²) in [6.45, 7) is 0.193. The van der Waals surface area contributed by atoms with Crippen molar-refractivity contribution in [2.45, 2.75) is 6.18 Å². The molecular formula is C22H19F4N7O2. The Balaban J connectivity index is 1.54. The maximum atomic E-state index is 13.9. The molecule has 0 atom stereocenters. The first-order chi connectivity index (χ1) is 16.7. The number of hydrogen-bond acceptors (Lipinski definition) is 6. The average molecular weight is 489 g/mol. The number of alkyl halides is 3. The van der Waals surface area contributed by atoms with E-state index in [0.717, 1.165) is 0 Å². The first-order valence-electron chi connectivity index (χ1n) is 10.2. The Morgan fingerprint density at radius 3 is 2.51 bits per heavy atom. The van der Waals surface area contributed by atoms with Gasteiger partial charge in [-0.3, -0.25) is 0 Å². The van der Waals surface area contributed by atoms with Crippen molar-refractivity contribution in [3.8, 4) is 11.3 Å². The maximum absolute atomic E-state index is 13.9. The number of benzene rings is 2. The third-order valence-electron chi connectivity index (χ3n) is 4.98. The number of amides is 2. The van der Waals surface area contributed by atoms with Crippen LogP contribution in [0.25, 0.3) is 22.3 Å². The standard InChI is InChI=1S/C22H19F4N7O2/c1-33-20-17(19(27-8-9-34)28-11-29-20)18(32-33)12-2-5-14(6-3-12)30-21(35)31-16-10-13(22(24,25)26)4-7-15(16)23/h2-7,10-11,34H,8-9H2,1H3,(H,27,28,29)(H2,30,31,35). The van der Waals surface area contributed by atoms with Crippen molar-refractivity contribution in [2.24, 2.45) is 7.05 Å². The van der Waals surface area contributed by atoms with E-state index in [-0.39, 0.29) is 13.2 Å². The van der Waals surface area contributed by atoms with Crippen LogP contribution in [0, 0.1) is 5.82 Å². The van der Waals surface area contributed by atoms with Gasteiger partial charge < -0.3 is 21.1 Å². The lowest BCUT2D eigenvalue weighted by molar-refractivity contribution is -0.137. The van der Waals surface area contributed by atoms with Crippen LogP contribution in [0.1, 0.15) is 5.56 Å². The molecule has 0 aliphatic rings. The number of aliphatic hydroxyl groups excluding tert-OH is 1. The molecule has 0 unspecified atom stereocenters. The molecule has 182 valence electrons. The molecule has 0 fully saturated rings. The molecule has 0 radical (unpaired) electrons. The SMILES string of the molecule is Cn1nc(-c2ccc(NC(=O)Nc3cc(C(F)(F)F)ccc3F)cc2)c2c(NCCO)ncnc21. The van der Waals surface area contributed by atoms with Gasteiger partial charge in [-0.25, -0.2) is 23.8 Å². The summed E-state index contributed by atoms with van der Waals surface area (Å²) < 4.78 is 54.1. The van der Waals surface area contributed by atoms with Crippen LogP contribution in [0.15, 0.2) is 48.8 Å². The van der Waals surface area contributed by atoms with Gasteiger partial charge in [-0.2, -0.15) is 18.3 Å². The largest absolute Gasteiger partial charge is 0.416 e. The molecule has 0 spiro atoms. The zero-order valence-corrected chi connectivity index (χ0v) is 18.2. The minimum absolute atomic E-state index is 0.0894. The molecule has 0 saturated carbocycles. The van der Waals surface area contributed by atoms with Gasteiger partial charge in [0.05, 0.1) is 23.2 Å². The molecule has 0 aliphatic heterocycles. The topological polar surface area (TPSA) is 117 Å². The molecule has 4 aromatic rings. The smallest absolute Gasteiger partial charge is 0.395 e. The van der Waals surface area contributed by atoms with E-state index in [1.54, 1.807) is 36.0 Å². The van der Waals surface area contributed by atoms with E-state index in [1.807, 2.05) is 0 Å². The zero-order valence-electron chi connectivity index (χ0n) is 18.2. The number of nitrogens with zero attached hydrogens (tertiary/aromatic N) is 4. The number of fused-ring (bicyclic) bond motifs is 1. The summed E-state index contributed by atoms with van der Waals surface area (Å²) in [5.41, 5.74) is 0.432. The molecule has 0 aliphatic carbocycles. The molecule has 13 heteroatoms. The van der Waals surface area contributed by atoms with Crippen molar-refractivity contribution in [3.05, 3.63) is 60.2 Å². The van der Waals surface area contributed by atoms with Crippen LogP contribution in [0.4, 0.5) is 39.5 Å². The third kappa shape index (κ3) is 5.14. The Bertz CT molecular complexity index is 1370. The summed E-state index contributed by atoms with van der Waals surface area (Å²) in [5, 5.41) is 21.8. The molecule has 0 saturated heterocycles. The molecule has 4 rings (SSSR count). The number of urea groups is 1. The second-order valence-electron chi connectivity index (χ2n) is 7.39. The van der Waals surface area contributed by atoms with Crippen molar-refractivity contribution in [1.29, 1.82) is 0 Å².